The molecule has 90 valence electrons. The first-order chi connectivity index (χ1) is 7.81. The van der Waals surface area contributed by atoms with Crippen LogP contribution in [0.25, 0.3) is 0 Å². The Labute approximate surface area is 98.1 Å². The maximum Gasteiger partial charge on any atom is 0.0823 e. The Morgan fingerprint density at radius 2 is 1.50 bits per heavy atom. The second-order valence-electron chi connectivity index (χ2n) is 7.01. The Morgan fingerprint density at radius 3 is 1.94 bits per heavy atom. The van der Waals surface area contributed by atoms with E-state index in [1.165, 1.54) is 19.3 Å². The Morgan fingerprint density at radius 1 is 0.938 bits per heavy atom. The van der Waals surface area contributed by atoms with Crippen LogP contribution in [-0.2, 0) is 4.74 Å². The van der Waals surface area contributed by atoms with Crippen LogP contribution < -0.4 is 5.32 Å². The normalized spacial score (nSPS) is 50.6. The fourth-order valence-corrected chi connectivity index (χ4v) is 5.14. The lowest BCUT2D eigenvalue weighted by atomic mass is 9.50. The maximum absolute atomic E-state index is 6.10. The molecular formula is C14H23NO. The predicted molar refractivity (Wildman–Crippen MR) is 63.2 cm³/mol. The third-order valence-corrected chi connectivity index (χ3v) is 5.53. The van der Waals surface area contributed by atoms with E-state index in [9.17, 15) is 0 Å². The molecule has 0 aromatic rings. The van der Waals surface area contributed by atoms with Crippen LogP contribution in [0, 0.1) is 23.2 Å². The largest absolute Gasteiger partial charge is 0.375 e. The highest BCUT2D eigenvalue weighted by Gasteiger charge is 2.51. The molecule has 0 amide bonds. The van der Waals surface area contributed by atoms with Gasteiger partial charge in [-0.05, 0) is 61.7 Å². The van der Waals surface area contributed by atoms with Crippen LogP contribution in [0.5, 0.6) is 0 Å². The average molecular weight is 221 g/mol. The monoisotopic (exact) mass is 221 g/mol. The smallest absolute Gasteiger partial charge is 0.0823 e. The van der Waals surface area contributed by atoms with Gasteiger partial charge in [0.25, 0.3) is 0 Å². The quantitative estimate of drug-likeness (QED) is 0.789. The van der Waals surface area contributed by atoms with Gasteiger partial charge in [-0.2, -0.15) is 0 Å². The van der Waals surface area contributed by atoms with Gasteiger partial charge < -0.3 is 10.1 Å². The first kappa shape index (κ1) is 9.90. The molecule has 0 radical (unpaired) electrons. The van der Waals surface area contributed by atoms with Crippen LogP contribution in [0.4, 0.5) is 0 Å². The summed E-state index contributed by atoms with van der Waals surface area (Å²) in [5, 5.41) is 3.29. The van der Waals surface area contributed by atoms with Crippen molar-refractivity contribution in [3.05, 3.63) is 0 Å². The molecule has 0 aromatic carbocycles. The number of ether oxygens (including phenoxy) is 1. The summed E-state index contributed by atoms with van der Waals surface area (Å²) in [5.41, 5.74) is 0.615. The summed E-state index contributed by atoms with van der Waals surface area (Å²) in [6.45, 7) is 3.25. The van der Waals surface area contributed by atoms with Crippen molar-refractivity contribution in [1.82, 2.24) is 5.32 Å². The molecule has 16 heavy (non-hydrogen) atoms. The molecule has 0 atom stereocenters. The van der Waals surface area contributed by atoms with Crippen LogP contribution >= 0.6 is 0 Å². The zero-order chi connectivity index (χ0) is 10.6. The van der Waals surface area contributed by atoms with Gasteiger partial charge in [-0.25, -0.2) is 0 Å². The zero-order valence-electron chi connectivity index (χ0n) is 10.1. The summed E-state index contributed by atoms with van der Waals surface area (Å²) < 4.78 is 6.10. The maximum atomic E-state index is 6.10. The SMILES string of the molecule is C1C2CC3CC1CC(COC1CNC1)(C2)C3. The van der Waals surface area contributed by atoms with E-state index >= 15 is 0 Å². The van der Waals surface area contributed by atoms with Gasteiger partial charge in [-0.15, -0.1) is 0 Å². The molecule has 0 unspecified atom stereocenters. The summed E-state index contributed by atoms with van der Waals surface area (Å²) in [6, 6.07) is 0. The van der Waals surface area contributed by atoms with Crippen LogP contribution in [0.15, 0.2) is 0 Å². The van der Waals surface area contributed by atoms with Crippen LogP contribution in [-0.4, -0.2) is 25.8 Å². The minimum absolute atomic E-state index is 0.535. The van der Waals surface area contributed by atoms with Gasteiger partial charge in [0.05, 0.1) is 12.7 Å². The Bertz CT molecular complexity index is 249. The molecule has 0 aromatic heterocycles. The van der Waals surface area contributed by atoms with E-state index in [0.29, 0.717) is 11.5 Å². The van der Waals surface area contributed by atoms with E-state index in [1.807, 2.05) is 0 Å². The van der Waals surface area contributed by atoms with Gasteiger partial charge in [0.2, 0.25) is 0 Å². The fourth-order valence-electron chi connectivity index (χ4n) is 5.14. The Kier molecular flexibility index (Phi) is 2.14. The van der Waals surface area contributed by atoms with E-state index in [0.717, 1.165) is 37.5 Å². The minimum atomic E-state index is 0.535. The van der Waals surface area contributed by atoms with Crippen molar-refractivity contribution in [3.63, 3.8) is 0 Å². The molecular weight excluding hydrogens is 198 g/mol. The molecule has 5 aliphatic rings. The lowest BCUT2D eigenvalue weighted by molar-refractivity contribution is -0.118. The number of rotatable bonds is 3. The lowest BCUT2D eigenvalue weighted by Crippen LogP contribution is -2.52. The summed E-state index contributed by atoms with van der Waals surface area (Å²) in [7, 11) is 0. The Balaban J connectivity index is 1.44. The molecule has 2 nitrogen and oxygen atoms in total. The first-order valence-electron chi connectivity index (χ1n) is 7.14. The van der Waals surface area contributed by atoms with E-state index in [1.54, 1.807) is 19.3 Å². The predicted octanol–water partition coefficient (Wildman–Crippen LogP) is 2.19. The lowest BCUT2D eigenvalue weighted by Gasteiger charge is -2.57. The van der Waals surface area contributed by atoms with Gasteiger partial charge in [-0.3, -0.25) is 0 Å². The molecule has 5 fully saturated rings. The second kappa shape index (κ2) is 3.46. The van der Waals surface area contributed by atoms with E-state index < -0.39 is 0 Å². The number of hydrogen-bond donors (Lipinski definition) is 1. The van der Waals surface area contributed by atoms with E-state index in [-0.39, 0.29) is 0 Å². The van der Waals surface area contributed by atoms with Crippen LogP contribution in [0.3, 0.4) is 0 Å². The first-order valence-corrected chi connectivity index (χ1v) is 7.14. The Hall–Kier alpha value is -0.0800. The zero-order valence-corrected chi connectivity index (χ0v) is 10.1. The van der Waals surface area contributed by atoms with Crippen molar-refractivity contribution in [2.24, 2.45) is 23.2 Å². The molecule has 1 aliphatic heterocycles. The van der Waals surface area contributed by atoms with Crippen LogP contribution in [0.2, 0.25) is 0 Å². The fraction of sp³-hybridized carbons (Fsp3) is 1.00. The molecule has 4 bridgehead atoms. The highest BCUT2D eigenvalue weighted by molar-refractivity contribution is 5.01. The third-order valence-electron chi connectivity index (χ3n) is 5.53. The molecule has 1 N–H and O–H groups in total. The van der Waals surface area contributed by atoms with Crippen molar-refractivity contribution >= 4 is 0 Å². The van der Waals surface area contributed by atoms with Crippen molar-refractivity contribution < 1.29 is 4.74 Å². The van der Waals surface area contributed by atoms with Gasteiger partial charge in [0, 0.05) is 13.1 Å². The van der Waals surface area contributed by atoms with Crippen molar-refractivity contribution in [3.8, 4) is 0 Å². The van der Waals surface area contributed by atoms with Gasteiger partial charge >= 0.3 is 0 Å². The standard InChI is InChI=1S/C14H23NO/c1-10-2-12-3-11(1)5-14(4-10,6-12)9-16-13-7-15-8-13/h10-13,15H,1-9H2. The van der Waals surface area contributed by atoms with Crippen molar-refractivity contribution in [2.75, 3.05) is 19.7 Å². The molecule has 2 heteroatoms. The topological polar surface area (TPSA) is 21.3 Å². The van der Waals surface area contributed by atoms with Gasteiger partial charge in [-0.1, -0.05) is 0 Å². The average Bonchev–Trinajstić information content (AvgIpc) is 2.12. The molecule has 1 saturated heterocycles. The van der Waals surface area contributed by atoms with E-state index in [4.69, 9.17) is 4.74 Å². The van der Waals surface area contributed by atoms with E-state index in [2.05, 4.69) is 5.32 Å². The second-order valence-corrected chi connectivity index (χ2v) is 7.01. The highest BCUT2D eigenvalue weighted by atomic mass is 16.5. The number of nitrogens with one attached hydrogen (secondary N) is 1. The third kappa shape index (κ3) is 1.53. The highest BCUT2D eigenvalue weighted by Crippen LogP contribution is 2.60. The molecule has 4 saturated carbocycles. The molecule has 4 aliphatic carbocycles. The molecule has 5 rings (SSSR count). The van der Waals surface area contributed by atoms with Crippen LogP contribution in [0.1, 0.15) is 38.5 Å². The van der Waals surface area contributed by atoms with Gasteiger partial charge in [0.15, 0.2) is 0 Å². The molecule has 1 heterocycles. The summed E-state index contributed by atoms with van der Waals surface area (Å²) in [6.07, 6.45) is 9.63. The summed E-state index contributed by atoms with van der Waals surface area (Å²) in [5.74, 6) is 3.19. The van der Waals surface area contributed by atoms with Crippen molar-refractivity contribution in [2.45, 2.75) is 44.6 Å². The minimum Gasteiger partial charge on any atom is -0.375 e. The summed E-state index contributed by atoms with van der Waals surface area (Å²) >= 11 is 0. The molecule has 0 spiro atoms. The van der Waals surface area contributed by atoms with Crippen molar-refractivity contribution in [1.29, 1.82) is 0 Å². The summed E-state index contributed by atoms with van der Waals surface area (Å²) in [4.78, 5) is 0. The number of hydrogen-bond acceptors (Lipinski definition) is 2. The van der Waals surface area contributed by atoms with Gasteiger partial charge in [0.1, 0.15) is 0 Å².